The standard InChI is InChI=1S/C14H19N5/c1-9(2)10-6-4-5-7-11(10)17-13-8-12(16-3)18-14(15)19-13/h4-9H,1-3H3,(H4,15,16,17,18,19). The number of aromatic nitrogens is 2. The molecule has 5 heteroatoms. The molecule has 0 saturated carbocycles. The molecule has 1 heterocycles. The number of nitrogens with zero attached hydrogens (tertiary/aromatic N) is 2. The van der Waals surface area contributed by atoms with E-state index in [1.807, 2.05) is 24.3 Å². The first kappa shape index (κ1) is 13.1. The summed E-state index contributed by atoms with van der Waals surface area (Å²) in [5.41, 5.74) is 7.97. The fourth-order valence-electron chi connectivity index (χ4n) is 1.91. The molecule has 0 atom stereocenters. The number of anilines is 4. The van der Waals surface area contributed by atoms with Crippen LogP contribution in [0.4, 0.5) is 23.3 Å². The number of para-hydroxylation sites is 1. The summed E-state index contributed by atoms with van der Waals surface area (Å²) < 4.78 is 0. The van der Waals surface area contributed by atoms with Crippen molar-refractivity contribution < 1.29 is 0 Å². The molecule has 19 heavy (non-hydrogen) atoms. The largest absolute Gasteiger partial charge is 0.373 e. The Morgan fingerprint density at radius 1 is 1.11 bits per heavy atom. The Morgan fingerprint density at radius 3 is 2.47 bits per heavy atom. The van der Waals surface area contributed by atoms with E-state index in [0.717, 1.165) is 5.69 Å². The van der Waals surface area contributed by atoms with Gasteiger partial charge in [-0.3, -0.25) is 0 Å². The molecule has 5 nitrogen and oxygen atoms in total. The Kier molecular flexibility index (Phi) is 3.85. The fourth-order valence-corrected chi connectivity index (χ4v) is 1.91. The molecule has 0 amide bonds. The van der Waals surface area contributed by atoms with Gasteiger partial charge in [-0.15, -0.1) is 0 Å². The zero-order valence-electron chi connectivity index (χ0n) is 11.4. The third-order valence-electron chi connectivity index (χ3n) is 2.85. The molecule has 1 aromatic heterocycles. The van der Waals surface area contributed by atoms with Gasteiger partial charge < -0.3 is 16.4 Å². The zero-order chi connectivity index (χ0) is 13.8. The van der Waals surface area contributed by atoms with E-state index in [9.17, 15) is 0 Å². The van der Waals surface area contributed by atoms with Crippen LogP contribution in [0.2, 0.25) is 0 Å². The van der Waals surface area contributed by atoms with E-state index in [1.54, 1.807) is 7.05 Å². The Labute approximate surface area is 113 Å². The molecule has 4 N–H and O–H groups in total. The van der Waals surface area contributed by atoms with E-state index in [-0.39, 0.29) is 5.95 Å². The maximum absolute atomic E-state index is 5.68. The Morgan fingerprint density at radius 2 is 1.79 bits per heavy atom. The summed E-state index contributed by atoms with van der Waals surface area (Å²) in [6.07, 6.45) is 0. The summed E-state index contributed by atoms with van der Waals surface area (Å²) in [4.78, 5) is 8.26. The quantitative estimate of drug-likeness (QED) is 0.785. The van der Waals surface area contributed by atoms with Crippen molar-refractivity contribution in [3.8, 4) is 0 Å². The number of nitrogen functional groups attached to an aromatic ring is 1. The lowest BCUT2D eigenvalue weighted by atomic mass is 10.0. The molecular weight excluding hydrogens is 238 g/mol. The third kappa shape index (κ3) is 3.13. The summed E-state index contributed by atoms with van der Waals surface area (Å²) in [6, 6.07) is 10.0. The monoisotopic (exact) mass is 257 g/mol. The molecule has 0 spiro atoms. The first-order valence-electron chi connectivity index (χ1n) is 6.28. The molecule has 0 aliphatic heterocycles. The second kappa shape index (κ2) is 5.56. The minimum Gasteiger partial charge on any atom is -0.373 e. The van der Waals surface area contributed by atoms with Crippen molar-refractivity contribution >= 4 is 23.3 Å². The molecule has 2 aromatic rings. The van der Waals surface area contributed by atoms with Gasteiger partial charge in [0.05, 0.1) is 0 Å². The van der Waals surface area contributed by atoms with Crippen LogP contribution >= 0.6 is 0 Å². The van der Waals surface area contributed by atoms with Gasteiger partial charge in [-0.25, -0.2) is 0 Å². The second-order valence-electron chi connectivity index (χ2n) is 4.61. The Hall–Kier alpha value is -2.30. The van der Waals surface area contributed by atoms with Crippen LogP contribution in [0.1, 0.15) is 25.3 Å². The van der Waals surface area contributed by atoms with Gasteiger partial charge in [-0.05, 0) is 17.5 Å². The van der Waals surface area contributed by atoms with E-state index < -0.39 is 0 Å². The molecule has 2 rings (SSSR count). The molecule has 0 bridgehead atoms. The Bertz CT molecular complexity index is 566. The van der Waals surface area contributed by atoms with Gasteiger partial charge in [-0.2, -0.15) is 9.97 Å². The molecule has 1 aromatic carbocycles. The summed E-state index contributed by atoms with van der Waals surface area (Å²) in [5, 5.41) is 6.26. The van der Waals surface area contributed by atoms with Crippen LogP contribution in [0.5, 0.6) is 0 Å². The molecular formula is C14H19N5. The van der Waals surface area contributed by atoms with E-state index >= 15 is 0 Å². The summed E-state index contributed by atoms with van der Waals surface area (Å²) >= 11 is 0. The Balaban J connectivity index is 2.33. The summed E-state index contributed by atoms with van der Waals surface area (Å²) in [6.45, 7) is 4.32. The van der Waals surface area contributed by atoms with Crippen LogP contribution in [0.15, 0.2) is 30.3 Å². The second-order valence-corrected chi connectivity index (χ2v) is 4.61. The minimum atomic E-state index is 0.247. The maximum Gasteiger partial charge on any atom is 0.223 e. The van der Waals surface area contributed by atoms with Crippen molar-refractivity contribution in [1.82, 2.24) is 9.97 Å². The first-order chi connectivity index (χ1) is 9.10. The zero-order valence-corrected chi connectivity index (χ0v) is 11.4. The van der Waals surface area contributed by atoms with Crippen LogP contribution in [-0.4, -0.2) is 17.0 Å². The van der Waals surface area contributed by atoms with Crippen molar-refractivity contribution in [3.63, 3.8) is 0 Å². The maximum atomic E-state index is 5.68. The molecule has 0 fully saturated rings. The average Bonchev–Trinajstić information content (AvgIpc) is 2.38. The van der Waals surface area contributed by atoms with Gasteiger partial charge in [0, 0.05) is 18.8 Å². The normalized spacial score (nSPS) is 10.5. The molecule has 0 saturated heterocycles. The number of rotatable bonds is 4. The van der Waals surface area contributed by atoms with E-state index in [4.69, 9.17) is 5.73 Å². The summed E-state index contributed by atoms with van der Waals surface area (Å²) in [7, 11) is 1.80. The number of nitrogens with two attached hydrogens (primary N) is 1. The lowest BCUT2D eigenvalue weighted by Crippen LogP contribution is -2.04. The van der Waals surface area contributed by atoms with E-state index in [1.165, 1.54) is 5.56 Å². The SMILES string of the molecule is CNc1cc(Nc2ccccc2C(C)C)nc(N)n1. The van der Waals surface area contributed by atoms with Gasteiger partial charge >= 0.3 is 0 Å². The number of benzene rings is 1. The number of nitrogens with one attached hydrogen (secondary N) is 2. The van der Waals surface area contributed by atoms with E-state index in [2.05, 4.69) is 40.5 Å². The van der Waals surface area contributed by atoms with Crippen LogP contribution in [0, 0.1) is 0 Å². The van der Waals surface area contributed by atoms with Crippen LogP contribution < -0.4 is 16.4 Å². The molecule has 0 aliphatic carbocycles. The number of hydrogen-bond donors (Lipinski definition) is 3. The topological polar surface area (TPSA) is 75.9 Å². The van der Waals surface area contributed by atoms with Gasteiger partial charge in [-0.1, -0.05) is 32.0 Å². The van der Waals surface area contributed by atoms with Gasteiger partial charge in [0.1, 0.15) is 11.6 Å². The lowest BCUT2D eigenvalue weighted by Gasteiger charge is -2.14. The van der Waals surface area contributed by atoms with Crippen molar-refractivity contribution in [1.29, 1.82) is 0 Å². The van der Waals surface area contributed by atoms with Gasteiger partial charge in [0.25, 0.3) is 0 Å². The molecule has 100 valence electrons. The van der Waals surface area contributed by atoms with Crippen molar-refractivity contribution in [2.45, 2.75) is 19.8 Å². The number of hydrogen-bond acceptors (Lipinski definition) is 5. The highest BCUT2D eigenvalue weighted by Gasteiger charge is 2.07. The highest BCUT2D eigenvalue weighted by Crippen LogP contribution is 2.26. The van der Waals surface area contributed by atoms with Gasteiger partial charge in [0.15, 0.2) is 0 Å². The molecule has 0 unspecified atom stereocenters. The third-order valence-corrected chi connectivity index (χ3v) is 2.85. The van der Waals surface area contributed by atoms with Crippen molar-refractivity contribution in [2.24, 2.45) is 0 Å². The smallest absolute Gasteiger partial charge is 0.223 e. The predicted molar refractivity (Wildman–Crippen MR) is 79.8 cm³/mol. The highest BCUT2D eigenvalue weighted by atomic mass is 15.1. The molecule has 0 aliphatic rings. The molecule has 0 radical (unpaired) electrons. The van der Waals surface area contributed by atoms with Crippen LogP contribution in [-0.2, 0) is 0 Å². The van der Waals surface area contributed by atoms with E-state index in [0.29, 0.717) is 17.6 Å². The summed E-state index contributed by atoms with van der Waals surface area (Å²) in [5.74, 6) is 2.06. The highest BCUT2D eigenvalue weighted by molar-refractivity contribution is 5.64. The van der Waals surface area contributed by atoms with Crippen molar-refractivity contribution in [3.05, 3.63) is 35.9 Å². The lowest BCUT2D eigenvalue weighted by molar-refractivity contribution is 0.869. The average molecular weight is 257 g/mol. The fraction of sp³-hybridized carbons (Fsp3) is 0.286. The van der Waals surface area contributed by atoms with Crippen molar-refractivity contribution in [2.75, 3.05) is 23.4 Å². The van der Waals surface area contributed by atoms with Crippen LogP contribution in [0.25, 0.3) is 0 Å². The first-order valence-corrected chi connectivity index (χ1v) is 6.28. The van der Waals surface area contributed by atoms with Crippen LogP contribution in [0.3, 0.4) is 0 Å². The predicted octanol–water partition coefficient (Wildman–Crippen LogP) is 2.97. The van der Waals surface area contributed by atoms with Gasteiger partial charge in [0.2, 0.25) is 5.95 Å². The minimum absolute atomic E-state index is 0.247.